The number of ketones is 1. The SMILES string of the molecule is CC(C)(C)C1CCC(=O)C(CN2CCCC(CCO)C2)C1. The number of rotatable bonds is 4. The van der Waals surface area contributed by atoms with Gasteiger partial charge in [-0.2, -0.15) is 0 Å². The zero-order valence-corrected chi connectivity index (χ0v) is 14.1. The molecule has 0 radical (unpaired) electrons. The Hall–Kier alpha value is -0.410. The Labute approximate surface area is 130 Å². The Morgan fingerprint density at radius 1 is 1.29 bits per heavy atom. The lowest BCUT2D eigenvalue weighted by atomic mass is 9.68. The second-order valence-corrected chi connectivity index (χ2v) is 8.28. The van der Waals surface area contributed by atoms with Crippen molar-refractivity contribution in [2.45, 2.75) is 59.3 Å². The minimum absolute atomic E-state index is 0.246. The van der Waals surface area contributed by atoms with E-state index in [1.165, 1.54) is 12.8 Å². The van der Waals surface area contributed by atoms with Crippen molar-refractivity contribution in [3.05, 3.63) is 0 Å². The molecule has 1 aliphatic heterocycles. The van der Waals surface area contributed by atoms with E-state index in [4.69, 9.17) is 5.11 Å². The van der Waals surface area contributed by atoms with Gasteiger partial charge >= 0.3 is 0 Å². The summed E-state index contributed by atoms with van der Waals surface area (Å²) < 4.78 is 0. The van der Waals surface area contributed by atoms with Crippen LogP contribution in [0.25, 0.3) is 0 Å². The van der Waals surface area contributed by atoms with Crippen LogP contribution in [-0.2, 0) is 4.79 Å². The molecule has 0 aromatic rings. The molecule has 0 amide bonds. The lowest BCUT2D eigenvalue weighted by Crippen LogP contribution is -2.43. The second kappa shape index (κ2) is 7.23. The fraction of sp³-hybridized carbons (Fsp3) is 0.944. The highest BCUT2D eigenvalue weighted by Crippen LogP contribution is 2.39. The molecule has 0 spiro atoms. The average Bonchev–Trinajstić information content (AvgIpc) is 2.41. The van der Waals surface area contributed by atoms with E-state index in [1.807, 2.05) is 0 Å². The Morgan fingerprint density at radius 3 is 2.71 bits per heavy atom. The van der Waals surface area contributed by atoms with Gasteiger partial charge in [-0.1, -0.05) is 20.8 Å². The standard InChI is InChI=1S/C18H33NO2/c1-18(2,3)16-6-7-17(21)15(11-16)13-19-9-4-5-14(12-19)8-10-20/h14-16,20H,4-13H2,1-3H3. The van der Waals surface area contributed by atoms with E-state index < -0.39 is 0 Å². The van der Waals surface area contributed by atoms with Gasteiger partial charge in [0.2, 0.25) is 0 Å². The maximum absolute atomic E-state index is 12.3. The molecule has 0 bridgehead atoms. The molecule has 21 heavy (non-hydrogen) atoms. The first-order valence-corrected chi connectivity index (χ1v) is 8.76. The summed E-state index contributed by atoms with van der Waals surface area (Å²) in [5.74, 6) is 2.04. The van der Waals surface area contributed by atoms with Gasteiger partial charge in [0, 0.05) is 32.0 Å². The molecule has 3 heteroatoms. The fourth-order valence-electron chi connectivity index (χ4n) is 4.12. The van der Waals surface area contributed by atoms with Gasteiger partial charge in [-0.05, 0) is 55.9 Å². The molecule has 1 N–H and O–H groups in total. The van der Waals surface area contributed by atoms with Crippen LogP contribution >= 0.6 is 0 Å². The van der Waals surface area contributed by atoms with E-state index in [0.29, 0.717) is 29.6 Å². The minimum Gasteiger partial charge on any atom is -0.396 e. The summed E-state index contributed by atoms with van der Waals surface area (Å²) in [7, 11) is 0. The van der Waals surface area contributed by atoms with Crippen molar-refractivity contribution in [3.8, 4) is 0 Å². The van der Waals surface area contributed by atoms with E-state index in [2.05, 4.69) is 25.7 Å². The summed E-state index contributed by atoms with van der Waals surface area (Å²) in [6.07, 6.45) is 6.30. The molecule has 2 fully saturated rings. The molecule has 122 valence electrons. The molecule has 3 unspecified atom stereocenters. The van der Waals surface area contributed by atoms with Gasteiger partial charge in [-0.15, -0.1) is 0 Å². The summed E-state index contributed by atoms with van der Waals surface area (Å²) in [5.41, 5.74) is 0.320. The summed E-state index contributed by atoms with van der Waals surface area (Å²) >= 11 is 0. The predicted molar refractivity (Wildman–Crippen MR) is 86.2 cm³/mol. The largest absolute Gasteiger partial charge is 0.396 e. The van der Waals surface area contributed by atoms with Gasteiger partial charge in [-0.25, -0.2) is 0 Å². The highest BCUT2D eigenvalue weighted by atomic mass is 16.3. The van der Waals surface area contributed by atoms with Gasteiger partial charge in [0.1, 0.15) is 5.78 Å². The fourth-order valence-corrected chi connectivity index (χ4v) is 4.12. The van der Waals surface area contributed by atoms with Crippen LogP contribution in [0, 0.1) is 23.2 Å². The molecular weight excluding hydrogens is 262 g/mol. The normalized spacial score (nSPS) is 32.4. The third-order valence-corrected chi connectivity index (χ3v) is 5.61. The van der Waals surface area contributed by atoms with Crippen LogP contribution in [0.15, 0.2) is 0 Å². The third kappa shape index (κ3) is 4.79. The molecule has 1 saturated carbocycles. The van der Waals surface area contributed by atoms with E-state index in [9.17, 15) is 4.79 Å². The highest BCUT2D eigenvalue weighted by molar-refractivity contribution is 5.82. The number of aliphatic hydroxyl groups is 1. The van der Waals surface area contributed by atoms with Crippen LogP contribution in [0.3, 0.4) is 0 Å². The van der Waals surface area contributed by atoms with Crippen molar-refractivity contribution < 1.29 is 9.90 Å². The number of hydrogen-bond donors (Lipinski definition) is 1. The third-order valence-electron chi connectivity index (χ3n) is 5.61. The zero-order valence-electron chi connectivity index (χ0n) is 14.1. The maximum atomic E-state index is 12.3. The summed E-state index contributed by atoms with van der Waals surface area (Å²) in [4.78, 5) is 14.8. The smallest absolute Gasteiger partial charge is 0.137 e. The summed E-state index contributed by atoms with van der Waals surface area (Å²) in [6, 6.07) is 0. The summed E-state index contributed by atoms with van der Waals surface area (Å²) in [6.45, 7) is 10.4. The molecule has 3 atom stereocenters. The first-order valence-electron chi connectivity index (χ1n) is 8.76. The molecule has 3 nitrogen and oxygen atoms in total. The Bertz CT molecular complexity index is 346. The first kappa shape index (κ1) is 17.0. The Balaban J connectivity index is 1.89. The Morgan fingerprint density at radius 2 is 2.05 bits per heavy atom. The molecule has 2 aliphatic rings. The van der Waals surface area contributed by atoms with Crippen LogP contribution in [0.1, 0.15) is 59.3 Å². The molecule has 1 aliphatic carbocycles. The van der Waals surface area contributed by atoms with E-state index in [1.54, 1.807) is 0 Å². The molecule has 1 saturated heterocycles. The van der Waals surface area contributed by atoms with Crippen LogP contribution in [-0.4, -0.2) is 42.0 Å². The van der Waals surface area contributed by atoms with Crippen molar-refractivity contribution in [2.24, 2.45) is 23.2 Å². The van der Waals surface area contributed by atoms with Crippen LogP contribution in [0.2, 0.25) is 0 Å². The Kier molecular flexibility index (Phi) is 5.84. The molecular formula is C18H33NO2. The zero-order chi connectivity index (χ0) is 15.5. The first-order chi connectivity index (χ1) is 9.90. The number of piperidine rings is 1. The lowest BCUT2D eigenvalue weighted by molar-refractivity contribution is -0.127. The van der Waals surface area contributed by atoms with Crippen LogP contribution in [0.4, 0.5) is 0 Å². The minimum atomic E-state index is 0.246. The van der Waals surface area contributed by atoms with Gasteiger partial charge in [0.25, 0.3) is 0 Å². The van der Waals surface area contributed by atoms with Crippen molar-refractivity contribution >= 4 is 5.78 Å². The van der Waals surface area contributed by atoms with Crippen LogP contribution in [0.5, 0.6) is 0 Å². The summed E-state index contributed by atoms with van der Waals surface area (Å²) in [5, 5.41) is 9.12. The number of carbonyl (C=O) groups excluding carboxylic acids is 1. The number of aliphatic hydroxyl groups excluding tert-OH is 1. The monoisotopic (exact) mass is 295 g/mol. The van der Waals surface area contributed by atoms with Gasteiger partial charge in [-0.3, -0.25) is 4.79 Å². The second-order valence-electron chi connectivity index (χ2n) is 8.28. The van der Waals surface area contributed by atoms with Crippen molar-refractivity contribution in [3.63, 3.8) is 0 Å². The van der Waals surface area contributed by atoms with E-state index in [-0.39, 0.29) is 5.92 Å². The molecule has 0 aromatic heterocycles. The molecule has 2 rings (SSSR count). The number of hydrogen-bond acceptors (Lipinski definition) is 3. The van der Waals surface area contributed by atoms with Crippen LogP contribution < -0.4 is 0 Å². The number of Topliss-reactive ketones (excluding diaryl/α,β-unsaturated/α-hetero) is 1. The van der Waals surface area contributed by atoms with Crippen molar-refractivity contribution in [1.82, 2.24) is 4.90 Å². The van der Waals surface area contributed by atoms with Gasteiger partial charge in [0.05, 0.1) is 0 Å². The van der Waals surface area contributed by atoms with Gasteiger partial charge in [0.15, 0.2) is 0 Å². The molecule has 1 heterocycles. The van der Waals surface area contributed by atoms with E-state index in [0.717, 1.165) is 45.3 Å². The quantitative estimate of drug-likeness (QED) is 0.866. The topological polar surface area (TPSA) is 40.5 Å². The van der Waals surface area contributed by atoms with E-state index >= 15 is 0 Å². The maximum Gasteiger partial charge on any atom is 0.137 e. The number of carbonyl (C=O) groups is 1. The highest BCUT2D eigenvalue weighted by Gasteiger charge is 2.36. The average molecular weight is 295 g/mol. The number of nitrogens with zero attached hydrogens (tertiary/aromatic N) is 1. The number of likely N-dealkylation sites (tertiary alicyclic amines) is 1. The predicted octanol–water partition coefficient (Wildman–Crippen LogP) is 3.11. The lowest BCUT2D eigenvalue weighted by Gasteiger charge is -2.40. The van der Waals surface area contributed by atoms with Crippen molar-refractivity contribution in [2.75, 3.05) is 26.2 Å². The molecule has 0 aromatic carbocycles. The van der Waals surface area contributed by atoms with Crippen molar-refractivity contribution in [1.29, 1.82) is 0 Å². The van der Waals surface area contributed by atoms with Gasteiger partial charge < -0.3 is 10.0 Å².